The number of piperidine rings is 1. The van der Waals surface area contributed by atoms with Crippen molar-refractivity contribution in [2.45, 2.75) is 25.7 Å². The van der Waals surface area contributed by atoms with Crippen molar-refractivity contribution >= 4 is 33.4 Å². The van der Waals surface area contributed by atoms with Crippen LogP contribution in [0.25, 0.3) is 10.2 Å². The van der Waals surface area contributed by atoms with Gasteiger partial charge in [-0.1, -0.05) is 24.3 Å². The lowest BCUT2D eigenvalue weighted by atomic mass is 9.98. The Kier molecular flexibility index (Phi) is 6.28. The molecule has 1 atom stereocenters. The fourth-order valence-corrected chi connectivity index (χ4v) is 4.86. The average molecular weight is 424 g/mol. The third kappa shape index (κ3) is 4.46. The molecule has 7 heteroatoms. The molecule has 1 saturated heterocycles. The summed E-state index contributed by atoms with van der Waals surface area (Å²) in [5.74, 6) is 0.406. The maximum absolute atomic E-state index is 12.8. The Morgan fingerprint density at radius 2 is 2.00 bits per heavy atom. The highest BCUT2D eigenvalue weighted by Gasteiger charge is 2.27. The van der Waals surface area contributed by atoms with Crippen molar-refractivity contribution in [2.75, 3.05) is 26.2 Å². The van der Waals surface area contributed by atoms with Crippen LogP contribution >= 0.6 is 11.3 Å². The fourth-order valence-electron chi connectivity index (χ4n) is 3.77. The van der Waals surface area contributed by atoms with Crippen molar-refractivity contribution in [3.8, 4) is 5.75 Å². The molecule has 0 aliphatic carbocycles. The summed E-state index contributed by atoms with van der Waals surface area (Å²) in [6, 6.07) is 15.2. The molecule has 1 fully saturated rings. The van der Waals surface area contributed by atoms with Crippen molar-refractivity contribution in [3.05, 3.63) is 59.1 Å². The summed E-state index contributed by atoms with van der Waals surface area (Å²) in [5.41, 5.74) is 1.46. The molecule has 2 amide bonds. The predicted molar refractivity (Wildman–Crippen MR) is 118 cm³/mol. The van der Waals surface area contributed by atoms with Crippen LogP contribution in [-0.4, -0.2) is 47.9 Å². The first-order valence-electron chi connectivity index (χ1n) is 10.3. The monoisotopic (exact) mass is 423 g/mol. The number of carbonyl (C=O) groups excluding carboxylic acids is 2. The van der Waals surface area contributed by atoms with Gasteiger partial charge in [-0.15, -0.1) is 11.3 Å². The molecular formula is C23H25N3O3S. The maximum atomic E-state index is 12.8. The second-order valence-corrected chi connectivity index (χ2v) is 8.37. The van der Waals surface area contributed by atoms with Gasteiger partial charge in [0.15, 0.2) is 0 Å². The highest BCUT2D eigenvalue weighted by Crippen LogP contribution is 2.32. The summed E-state index contributed by atoms with van der Waals surface area (Å²) < 4.78 is 6.68. The molecule has 1 aromatic heterocycles. The van der Waals surface area contributed by atoms with E-state index in [2.05, 4.69) is 11.4 Å². The topological polar surface area (TPSA) is 71.5 Å². The second-order valence-electron chi connectivity index (χ2n) is 7.31. The van der Waals surface area contributed by atoms with Crippen LogP contribution in [0.3, 0.4) is 0 Å². The first kappa shape index (κ1) is 20.3. The lowest BCUT2D eigenvalue weighted by Crippen LogP contribution is -2.44. The number of hydrogen-bond donors (Lipinski definition) is 1. The van der Waals surface area contributed by atoms with Gasteiger partial charge in [-0.25, -0.2) is 4.98 Å². The minimum atomic E-state index is -0.299. The van der Waals surface area contributed by atoms with E-state index in [0.717, 1.165) is 23.4 Å². The molecule has 0 saturated carbocycles. The normalized spacial score (nSPS) is 16.4. The van der Waals surface area contributed by atoms with E-state index in [-0.39, 0.29) is 24.3 Å². The van der Waals surface area contributed by atoms with E-state index in [1.54, 1.807) is 29.5 Å². The Morgan fingerprint density at radius 1 is 1.20 bits per heavy atom. The number of carbonyl (C=O) groups is 2. The Hall–Kier alpha value is -2.93. The lowest BCUT2D eigenvalue weighted by molar-refractivity contribution is -0.131. The molecule has 6 nitrogen and oxygen atoms in total. The van der Waals surface area contributed by atoms with E-state index in [1.165, 1.54) is 4.70 Å². The maximum Gasteiger partial charge on any atom is 0.255 e. The van der Waals surface area contributed by atoms with Gasteiger partial charge in [0, 0.05) is 19.0 Å². The van der Waals surface area contributed by atoms with Gasteiger partial charge in [-0.2, -0.15) is 0 Å². The third-order valence-electron chi connectivity index (χ3n) is 5.27. The third-order valence-corrected chi connectivity index (χ3v) is 6.46. The number of fused-ring (bicyclic) bond motifs is 1. The number of ether oxygens (including phenoxy) is 1. The first-order valence-corrected chi connectivity index (χ1v) is 11.1. The molecule has 1 aliphatic rings. The van der Waals surface area contributed by atoms with Gasteiger partial charge in [0.25, 0.3) is 5.91 Å². The second kappa shape index (κ2) is 9.26. The minimum absolute atomic E-state index is 0.0220. The van der Waals surface area contributed by atoms with E-state index in [9.17, 15) is 9.59 Å². The SMILES string of the molecule is CCOc1ccccc1C(=O)NCC(=O)N1CCC[C@@H](c2nc3ccccc3s2)C1. The van der Waals surface area contributed by atoms with Crippen molar-refractivity contribution in [1.29, 1.82) is 0 Å². The smallest absolute Gasteiger partial charge is 0.255 e. The number of amides is 2. The van der Waals surface area contributed by atoms with E-state index in [0.29, 0.717) is 31.0 Å². The number of aromatic nitrogens is 1. The van der Waals surface area contributed by atoms with Crippen molar-refractivity contribution in [2.24, 2.45) is 0 Å². The predicted octanol–water partition coefficient (Wildman–Crippen LogP) is 3.83. The number of para-hydroxylation sites is 2. The Bertz CT molecular complexity index is 1020. The molecule has 2 aromatic carbocycles. The Morgan fingerprint density at radius 3 is 2.83 bits per heavy atom. The van der Waals surface area contributed by atoms with Gasteiger partial charge in [0.2, 0.25) is 5.91 Å². The van der Waals surface area contributed by atoms with Crippen molar-refractivity contribution in [1.82, 2.24) is 15.2 Å². The lowest BCUT2D eigenvalue weighted by Gasteiger charge is -2.32. The summed E-state index contributed by atoms with van der Waals surface area (Å²) in [4.78, 5) is 31.9. The zero-order valence-electron chi connectivity index (χ0n) is 17.0. The molecule has 0 bridgehead atoms. The Balaban J connectivity index is 1.37. The van der Waals surface area contributed by atoms with Crippen LogP contribution < -0.4 is 10.1 Å². The largest absolute Gasteiger partial charge is 0.493 e. The van der Waals surface area contributed by atoms with Crippen molar-refractivity contribution < 1.29 is 14.3 Å². The van der Waals surface area contributed by atoms with Gasteiger partial charge in [-0.05, 0) is 44.0 Å². The molecule has 2 heterocycles. The van der Waals surface area contributed by atoms with Crippen LogP contribution in [-0.2, 0) is 4.79 Å². The zero-order valence-corrected chi connectivity index (χ0v) is 17.8. The van der Waals surface area contributed by atoms with Gasteiger partial charge in [-0.3, -0.25) is 9.59 Å². The number of nitrogens with one attached hydrogen (secondary N) is 1. The molecule has 0 spiro atoms. The standard InChI is InChI=1S/C23H25N3O3S/c1-2-29-19-11-5-3-9-17(19)22(28)24-14-21(27)26-13-7-8-16(15-26)23-25-18-10-4-6-12-20(18)30-23/h3-6,9-12,16H,2,7-8,13-15H2,1H3,(H,24,28)/t16-/m1/s1. The molecule has 30 heavy (non-hydrogen) atoms. The van der Waals surface area contributed by atoms with E-state index in [1.807, 2.05) is 36.1 Å². The van der Waals surface area contributed by atoms with Crippen molar-refractivity contribution in [3.63, 3.8) is 0 Å². The van der Waals surface area contributed by atoms with E-state index >= 15 is 0 Å². The quantitative estimate of drug-likeness (QED) is 0.654. The van der Waals surface area contributed by atoms with Crippen LogP contribution in [0.15, 0.2) is 48.5 Å². The summed E-state index contributed by atoms with van der Waals surface area (Å²) in [6.45, 7) is 3.68. The van der Waals surface area contributed by atoms with Gasteiger partial charge >= 0.3 is 0 Å². The van der Waals surface area contributed by atoms with Gasteiger partial charge < -0.3 is 15.0 Å². The summed E-state index contributed by atoms with van der Waals surface area (Å²) in [7, 11) is 0. The number of nitrogens with zero attached hydrogens (tertiary/aromatic N) is 2. The molecule has 3 aromatic rings. The molecule has 0 radical (unpaired) electrons. The molecule has 0 unspecified atom stereocenters. The summed E-state index contributed by atoms with van der Waals surface area (Å²) in [5, 5.41) is 3.83. The van der Waals surface area contributed by atoms with E-state index in [4.69, 9.17) is 9.72 Å². The molecule has 1 aliphatic heterocycles. The number of benzene rings is 2. The number of rotatable bonds is 6. The molecule has 1 N–H and O–H groups in total. The van der Waals surface area contributed by atoms with Crippen LogP contribution in [0.4, 0.5) is 0 Å². The summed E-state index contributed by atoms with van der Waals surface area (Å²) >= 11 is 1.71. The highest BCUT2D eigenvalue weighted by atomic mass is 32.1. The highest BCUT2D eigenvalue weighted by molar-refractivity contribution is 7.18. The number of thiazole rings is 1. The van der Waals surface area contributed by atoms with Gasteiger partial charge in [0.1, 0.15) is 5.75 Å². The van der Waals surface area contributed by atoms with Gasteiger partial charge in [0.05, 0.1) is 33.9 Å². The molecule has 4 rings (SSSR count). The summed E-state index contributed by atoms with van der Waals surface area (Å²) in [6.07, 6.45) is 1.96. The van der Waals surface area contributed by atoms with Crippen LogP contribution in [0.1, 0.15) is 41.0 Å². The molecular weight excluding hydrogens is 398 g/mol. The van der Waals surface area contributed by atoms with Crippen LogP contribution in [0, 0.1) is 0 Å². The number of hydrogen-bond acceptors (Lipinski definition) is 5. The Labute approximate surface area is 179 Å². The number of likely N-dealkylation sites (tertiary alicyclic amines) is 1. The fraction of sp³-hybridized carbons (Fsp3) is 0.348. The van der Waals surface area contributed by atoms with Crippen LogP contribution in [0.5, 0.6) is 5.75 Å². The zero-order chi connectivity index (χ0) is 20.9. The van der Waals surface area contributed by atoms with Crippen LogP contribution in [0.2, 0.25) is 0 Å². The van der Waals surface area contributed by atoms with E-state index < -0.39 is 0 Å². The average Bonchev–Trinajstić information content (AvgIpc) is 3.22. The molecule has 156 valence electrons. The first-order chi connectivity index (χ1) is 14.7. The minimum Gasteiger partial charge on any atom is -0.493 e.